The second-order valence-electron chi connectivity index (χ2n) is 8.63. The Morgan fingerprint density at radius 1 is 0.821 bits per heavy atom. The van der Waals surface area contributed by atoms with Crippen molar-refractivity contribution in [2.24, 2.45) is 5.73 Å². The molecule has 1 aromatic heterocycles. The molecule has 0 fully saturated rings. The SMILES string of the molecule is NC(Cc1cnc[nH]1)C(=O)NC(CC(=O)O)C(=O)NC(CCC(=O)O)C(=O)NC(Cc1ccccc1)C(=O)O. The lowest BCUT2D eigenvalue weighted by atomic mass is 10.0. The van der Waals surface area contributed by atoms with Gasteiger partial charge in [0.15, 0.2) is 0 Å². The molecule has 210 valence electrons. The largest absolute Gasteiger partial charge is 0.481 e. The number of nitrogens with one attached hydrogen (secondary N) is 4. The zero-order chi connectivity index (χ0) is 28.9. The van der Waals surface area contributed by atoms with E-state index >= 15 is 0 Å². The van der Waals surface area contributed by atoms with Crippen LogP contribution >= 0.6 is 0 Å². The molecule has 2 rings (SSSR count). The first kappa shape index (κ1) is 30.4. The molecule has 2 aromatic rings. The fraction of sp³-hybridized carbons (Fsp3) is 0.375. The molecule has 3 amide bonds. The zero-order valence-electron chi connectivity index (χ0n) is 20.7. The van der Waals surface area contributed by atoms with Crippen LogP contribution in [0.5, 0.6) is 0 Å². The van der Waals surface area contributed by atoms with E-state index in [2.05, 4.69) is 25.9 Å². The van der Waals surface area contributed by atoms with E-state index in [9.17, 15) is 39.0 Å². The topological polar surface area (TPSA) is 254 Å². The lowest BCUT2D eigenvalue weighted by Crippen LogP contribution is -2.57. The lowest BCUT2D eigenvalue weighted by Gasteiger charge is -2.24. The normalized spacial score (nSPS) is 13.8. The molecule has 0 saturated heterocycles. The molecule has 0 aliphatic rings. The highest BCUT2D eigenvalue weighted by molar-refractivity contribution is 5.95. The summed E-state index contributed by atoms with van der Waals surface area (Å²) in [5.41, 5.74) is 6.96. The first-order valence-electron chi connectivity index (χ1n) is 11.8. The van der Waals surface area contributed by atoms with E-state index < -0.39 is 79.1 Å². The maximum Gasteiger partial charge on any atom is 0.326 e. The number of amides is 3. The van der Waals surface area contributed by atoms with Gasteiger partial charge in [0.05, 0.1) is 18.8 Å². The average Bonchev–Trinajstić information content (AvgIpc) is 3.38. The Hall–Kier alpha value is -4.79. The highest BCUT2D eigenvalue weighted by Gasteiger charge is 2.32. The number of aromatic amines is 1. The Morgan fingerprint density at radius 3 is 2.00 bits per heavy atom. The summed E-state index contributed by atoms with van der Waals surface area (Å²) < 4.78 is 0. The molecule has 4 unspecified atom stereocenters. The van der Waals surface area contributed by atoms with Crippen LogP contribution in [-0.4, -0.2) is 85.1 Å². The van der Waals surface area contributed by atoms with Crippen LogP contribution in [0.3, 0.4) is 0 Å². The number of carbonyl (C=O) groups is 6. The molecule has 39 heavy (non-hydrogen) atoms. The van der Waals surface area contributed by atoms with Crippen molar-refractivity contribution in [1.82, 2.24) is 25.9 Å². The smallest absolute Gasteiger partial charge is 0.326 e. The number of hydrogen-bond acceptors (Lipinski definition) is 8. The molecule has 9 N–H and O–H groups in total. The summed E-state index contributed by atoms with van der Waals surface area (Å²) in [5.74, 6) is -7.05. The summed E-state index contributed by atoms with van der Waals surface area (Å²) in [6, 6.07) is 2.62. The Bertz CT molecular complexity index is 1160. The summed E-state index contributed by atoms with van der Waals surface area (Å²) in [7, 11) is 0. The van der Waals surface area contributed by atoms with Crippen LogP contribution in [0, 0.1) is 0 Å². The van der Waals surface area contributed by atoms with Crippen LogP contribution < -0.4 is 21.7 Å². The fourth-order valence-electron chi connectivity index (χ4n) is 3.52. The molecule has 15 nitrogen and oxygen atoms in total. The van der Waals surface area contributed by atoms with Crippen LogP contribution in [0.25, 0.3) is 0 Å². The second-order valence-corrected chi connectivity index (χ2v) is 8.63. The third kappa shape index (κ3) is 10.6. The van der Waals surface area contributed by atoms with E-state index in [1.165, 1.54) is 12.5 Å². The van der Waals surface area contributed by atoms with Crippen LogP contribution in [0.2, 0.25) is 0 Å². The van der Waals surface area contributed by atoms with Crippen LogP contribution in [0.15, 0.2) is 42.9 Å². The summed E-state index contributed by atoms with van der Waals surface area (Å²) in [6.45, 7) is 0. The Kier molecular flexibility index (Phi) is 11.6. The average molecular weight is 547 g/mol. The molecule has 4 atom stereocenters. The quantitative estimate of drug-likeness (QED) is 0.119. The van der Waals surface area contributed by atoms with E-state index in [0.29, 0.717) is 11.3 Å². The minimum Gasteiger partial charge on any atom is -0.481 e. The van der Waals surface area contributed by atoms with Gasteiger partial charge in [-0.2, -0.15) is 0 Å². The number of carbonyl (C=O) groups excluding carboxylic acids is 3. The molecule has 1 heterocycles. The number of aromatic nitrogens is 2. The number of nitrogens with two attached hydrogens (primary N) is 1. The van der Waals surface area contributed by atoms with E-state index in [-0.39, 0.29) is 12.8 Å². The zero-order valence-corrected chi connectivity index (χ0v) is 20.7. The fourth-order valence-corrected chi connectivity index (χ4v) is 3.52. The molecule has 1 aromatic carbocycles. The highest BCUT2D eigenvalue weighted by atomic mass is 16.4. The van der Waals surface area contributed by atoms with Gasteiger partial charge in [0, 0.05) is 31.2 Å². The van der Waals surface area contributed by atoms with Gasteiger partial charge in [0.25, 0.3) is 0 Å². The Balaban J connectivity index is 2.14. The van der Waals surface area contributed by atoms with Gasteiger partial charge < -0.3 is 42.0 Å². The van der Waals surface area contributed by atoms with Gasteiger partial charge in [-0.1, -0.05) is 30.3 Å². The number of H-pyrrole nitrogens is 1. The van der Waals surface area contributed by atoms with Crippen molar-refractivity contribution < 1.29 is 44.1 Å². The summed E-state index contributed by atoms with van der Waals surface area (Å²) in [6.07, 6.45) is 0.854. The lowest BCUT2D eigenvalue weighted by molar-refractivity contribution is -0.143. The van der Waals surface area contributed by atoms with Crippen LogP contribution in [0.4, 0.5) is 0 Å². The number of carboxylic acid groups (broad SMARTS) is 3. The molecule has 15 heteroatoms. The predicted octanol–water partition coefficient (Wildman–Crippen LogP) is -1.60. The van der Waals surface area contributed by atoms with Gasteiger partial charge in [-0.25, -0.2) is 9.78 Å². The van der Waals surface area contributed by atoms with Crippen molar-refractivity contribution in [1.29, 1.82) is 0 Å². The van der Waals surface area contributed by atoms with Crippen molar-refractivity contribution in [2.45, 2.75) is 56.3 Å². The summed E-state index contributed by atoms with van der Waals surface area (Å²) in [5, 5.41) is 34.6. The van der Waals surface area contributed by atoms with E-state index in [0.717, 1.165) is 0 Å². The van der Waals surface area contributed by atoms with Gasteiger partial charge in [-0.3, -0.25) is 24.0 Å². The molecular formula is C24H30N6O9. The van der Waals surface area contributed by atoms with Gasteiger partial charge >= 0.3 is 17.9 Å². The van der Waals surface area contributed by atoms with Crippen molar-refractivity contribution in [3.8, 4) is 0 Å². The van der Waals surface area contributed by atoms with E-state index in [1.807, 2.05) is 0 Å². The number of imidazole rings is 1. The van der Waals surface area contributed by atoms with Gasteiger partial charge in [0.1, 0.15) is 18.1 Å². The molecular weight excluding hydrogens is 516 g/mol. The number of carboxylic acids is 3. The number of hydrogen-bond donors (Lipinski definition) is 8. The van der Waals surface area contributed by atoms with Crippen molar-refractivity contribution >= 4 is 35.6 Å². The van der Waals surface area contributed by atoms with Gasteiger partial charge in [0.2, 0.25) is 17.7 Å². The molecule has 0 aliphatic heterocycles. The Morgan fingerprint density at radius 2 is 1.44 bits per heavy atom. The molecule has 0 spiro atoms. The van der Waals surface area contributed by atoms with Crippen LogP contribution in [0.1, 0.15) is 30.5 Å². The van der Waals surface area contributed by atoms with Crippen molar-refractivity contribution in [3.05, 3.63) is 54.1 Å². The second kappa shape index (κ2) is 14.8. The predicted molar refractivity (Wildman–Crippen MR) is 133 cm³/mol. The standard InChI is InChI=1S/C24H30N6O9/c25-15(9-14-11-26-12-27-14)21(35)29-17(10-20(33)34)23(37)28-16(6-7-19(31)32)22(36)30-18(24(38)39)8-13-4-2-1-3-5-13/h1-5,11-12,15-18H,6-10,25H2,(H,26,27)(H,28,37)(H,29,35)(H,30,36)(H,31,32)(H,33,34)(H,38,39). The summed E-state index contributed by atoms with van der Waals surface area (Å²) >= 11 is 0. The summed E-state index contributed by atoms with van der Waals surface area (Å²) in [4.78, 5) is 79.2. The number of nitrogens with zero attached hydrogens (tertiary/aromatic N) is 1. The number of aliphatic carboxylic acids is 3. The monoisotopic (exact) mass is 546 g/mol. The molecule has 0 aliphatic carbocycles. The van der Waals surface area contributed by atoms with Gasteiger partial charge in [-0.15, -0.1) is 0 Å². The minimum absolute atomic E-state index is 0.00881. The molecule has 0 saturated carbocycles. The third-order valence-electron chi connectivity index (χ3n) is 5.52. The third-order valence-corrected chi connectivity index (χ3v) is 5.52. The maximum atomic E-state index is 12.9. The molecule has 0 bridgehead atoms. The number of benzene rings is 1. The maximum absolute atomic E-state index is 12.9. The minimum atomic E-state index is -1.66. The van der Waals surface area contributed by atoms with Crippen molar-refractivity contribution in [3.63, 3.8) is 0 Å². The molecule has 0 radical (unpaired) electrons. The van der Waals surface area contributed by atoms with E-state index in [1.54, 1.807) is 30.3 Å². The number of rotatable bonds is 16. The highest BCUT2D eigenvalue weighted by Crippen LogP contribution is 2.07. The van der Waals surface area contributed by atoms with E-state index in [4.69, 9.17) is 10.8 Å². The Labute approximate surface area is 222 Å². The van der Waals surface area contributed by atoms with Crippen molar-refractivity contribution in [2.75, 3.05) is 0 Å². The van der Waals surface area contributed by atoms with Gasteiger partial charge in [-0.05, 0) is 12.0 Å². The van der Waals surface area contributed by atoms with Crippen LogP contribution in [-0.2, 0) is 41.6 Å². The first-order chi connectivity index (χ1) is 18.5. The first-order valence-corrected chi connectivity index (χ1v) is 11.8.